The summed E-state index contributed by atoms with van der Waals surface area (Å²) in [6.07, 6.45) is 4.46. The Balaban J connectivity index is 1.14. The lowest BCUT2D eigenvalue weighted by Gasteiger charge is -2.31. The molecule has 1 N–H and O–H groups in total. The molecule has 0 bridgehead atoms. The summed E-state index contributed by atoms with van der Waals surface area (Å²) in [4.78, 5) is 17.5. The maximum absolute atomic E-state index is 13.0. The van der Waals surface area contributed by atoms with E-state index in [1.807, 2.05) is 23.1 Å². The minimum atomic E-state index is 0.144. The third-order valence-corrected chi connectivity index (χ3v) is 7.13. The predicted molar refractivity (Wildman–Crippen MR) is 129 cm³/mol. The van der Waals surface area contributed by atoms with Gasteiger partial charge in [-0.1, -0.05) is 30.3 Å². The van der Waals surface area contributed by atoms with Gasteiger partial charge in [-0.2, -0.15) is 0 Å². The van der Waals surface area contributed by atoms with Gasteiger partial charge in [0, 0.05) is 36.8 Å². The van der Waals surface area contributed by atoms with Crippen LogP contribution < -0.4 is 10.1 Å². The Labute approximate surface area is 196 Å². The van der Waals surface area contributed by atoms with Gasteiger partial charge in [-0.05, 0) is 62.0 Å². The number of ether oxygens (including phenoxy) is 2. The molecule has 2 fully saturated rings. The number of morpholine rings is 1. The van der Waals surface area contributed by atoms with Crippen LogP contribution in [0.2, 0.25) is 0 Å². The molecule has 3 aliphatic rings. The van der Waals surface area contributed by atoms with Crippen LogP contribution in [0, 0.1) is 0 Å². The molecular formula is C27H35N3O3. The summed E-state index contributed by atoms with van der Waals surface area (Å²) < 4.78 is 11.6. The van der Waals surface area contributed by atoms with E-state index in [2.05, 4.69) is 34.5 Å². The lowest BCUT2D eigenvalue weighted by atomic mass is 10.1. The number of aryl methyl sites for hydroxylation is 1. The Morgan fingerprint density at radius 1 is 1.06 bits per heavy atom. The van der Waals surface area contributed by atoms with Crippen molar-refractivity contribution in [1.29, 1.82) is 0 Å². The molecule has 3 heterocycles. The van der Waals surface area contributed by atoms with E-state index in [9.17, 15) is 4.79 Å². The minimum absolute atomic E-state index is 0.144. The van der Waals surface area contributed by atoms with Crippen molar-refractivity contribution in [3.63, 3.8) is 0 Å². The first-order valence-electron chi connectivity index (χ1n) is 12.4. The van der Waals surface area contributed by atoms with Gasteiger partial charge in [-0.25, -0.2) is 0 Å². The van der Waals surface area contributed by atoms with Crippen molar-refractivity contribution in [2.45, 2.75) is 44.9 Å². The second-order valence-corrected chi connectivity index (χ2v) is 9.38. The van der Waals surface area contributed by atoms with E-state index in [1.165, 1.54) is 12.0 Å². The van der Waals surface area contributed by atoms with Crippen LogP contribution in [0.1, 0.15) is 46.3 Å². The van der Waals surface area contributed by atoms with Gasteiger partial charge in [0.1, 0.15) is 12.4 Å². The summed E-state index contributed by atoms with van der Waals surface area (Å²) in [5.41, 5.74) is 4.36. The van der Waals surface area contributed by atoms with Crippen molar-refractivity contribution in [2.24, 2.45) is 0 Å². The van der Waals surface area contributed by atoms with Crippen LogP contribution in [0.3, 0.4) is 0 Å². The van der Waals surface area contributed by atoms with Crippen LogP contribution in [0.15, 0.2) is 42.5 Å². The largest absolute Gasteiger partial charge is 0.489 e. The lowest BCUT2D eigenvalue weighted by Crippen LogP contribution is -2.46. The molecule has 0 aromatic heterocycles. The second kappa shape index (κ2) is 10.7. The highest BCUT2D eigenvalue weighted by Crippen LogP contribution is 2.33. The number of hydrogen-bond donors (Lipinski definition) is 1. The van der Waals surface area contributed by atoms with Crippen molar-refractivity contribution in [3.05, 3.63) is 64.7 Å². The number of carbonyl (C=O) groups excluding carboxylic acids is 1. The number of piperidine rings is 1. The third kappa shape index (κ3) is 5.40. The first-order chi connectivity index (χ1) is 16.3. The third-order valence-electron chi connectivity index (χ3n) is 7.13. The number of benzene rings is 2. The molecule has 1 amide bonds. The number of carbonyl (C=O) groups is 1. The second-order valence-electron chi connectivity index (χ2n) is 9.38. The molecule has 2 aromatic carbocycles. The highest BCUT2D eigenvalue weighted by molar-refractivity contribution is 5.99. The average Bonchev–Trinajstić information content (AvgIpc) is 3.22. The van der Waals surface area contributed by atoms with Crippen LogP contribution in [0.25, 0.3) is 0 Å². The molecule has 1 atom stereocenters. The van der Waals surface area contributed by atoms with Crippen molar-refractivity contribution in [1.82, 2.24) is 15.1 Å². The van der Waals surface area contributed by atoms with Gasteiger partial charge in [0.05, 0.1) is 19.8 Å². The maximum atomic E-state index is 13.0. The first kappa shape index (κ1) is 22.4. The first-order valence-corrected chi connectivity index (χ1v) is 12.4. The summed E-state index contributed by atoms with van der Waals surface area (Å²) in [7, 11) is 0. The van der Waals surface area contributed by atoms with Crippen molar-refractivity contribution < 1.29 is 14.3 Å². The van der Waals surface area contributed by atoms with Crippen molar-refractivity contribution >= 4 is 5.91 Å². The molecule has 0 saturated carbocycles. The standard InChI is InChI=1S/C27H35N3O3/c31-27-24-6-1-7-26(25(24)19-30(27)23-5-2-12-28-18-23)33-20-22-10-8-21(9-11-22)4-3-13-29-14-16-32-17-15-29/h1,6-11,23,28H,2-5,12-20H2. The van der Waals surface area contributed by atoms with Crippen LogP contribution in [0.5, 0.6) is 5.75 Å². The zero-order valence-corrected chi connectivity index (χ0v) is 19.4. The molecule has 5 rings (SSSR count). The number of nitrogens with zero attached hydrogens (tertiary/aromatic N) is 2. The molecule has 33 heavy (non-hydrogen) atoms. The van der Waals surface area contributed by atoms with Crippen LogP contribution in [-0.2, 0) is 24.3 Å². The molecule has 6 heteroatoms. The number of amides is 1. The van der Waals surface area contributed by atoms with Crippen molar-refractivity contribution in [2.75, 3.05) is 45.9 Å². The Morgan fingerprint density at radius 2 is 1.88 bits per heavy atom. The smallest absolute Gasteiger partial charge is 0.254 e. The minimum Gasteiger partial charge on any atom is -0.489 e. The maximum Gasteiger partial charge on any atom is 0.254 e. The molecular weight excluding hydrogens is 414 g/mol. The van der Waals surface area contributed by atoms with Gasteiger partial charge in [-0.3, -0.25) is 9.69 Å². The topological polar surface area (TPSA) is 54.0 Å². The summed E-state index contributed by atoms with van der Waals surface area (Å²) in [6, 6.07) is 14.9. The zero-order valence-electron chi connectivity index (χ0n) is 19.4. The molecule has 2 aromatic rings. The van der Waals surface area contributed by atoms with Crippen LogP contribution >= 0.6 is 0 Å². The fraction of sp³-hybridized carbons (Fsp3) is 0.519. The van der Waals surface area contributed by atoms with Gasteiger partial charge in [-0.15, -0.1) is 0 Å². The van der Waals surface area contributed by atoms with E-state index in [1.54, 1.807) is 0 Å². The highest BCUT2D eigenvalue weighted by Gasteiger charge is 2.35. The van der Waals surface area contributed by atoms with E-state index in [0.717, 1.165) is 87.6 Å². The van der Waals surface area contributed by atoms with E-state index >= 15 is 0 Å². The van der Waals surface area contributed by atoms with Gasteiger partial charge in [0.2, 0.25) is 0 Å². The monoisotopic (exact) mass is 449 g/mol. The molecule has 2 saturated heterocycles. The number of hydrogen-bond acceptors (Lipinski definition) is 5. The molecule has 3 aliphatic heterocycles. The van der Waals surface area contributed by atoms with Crippen LogP contribution in [0.4, 0.5) is 0 Å². The van der Waals surface area contributed by atoms with E-state index < -0.39 is 0 Å². The number of fused-ring (bicyclic) bond motifs is 1. The average molecular weight is 450 g/mol. The predicted octanol–water partition coefficient (Wildman–Crippen LogP) is 3.24. The number of nitrogens with one attached hydrogen (secondary N) is 1. The lowest BCUT2D eigenvalue weighted by molar-refractivity contribution is 0.0374. The summed E-state index contributed by atoms with van der Waals surface area (Å²) in [5, 5.41) is 3.42. The highest BCUT2D eigenvalue weighted by atomic mass is 16.5. The van der Waals surface area contributed by atoms with E-state index in [-0.39, 0.29) is 11.9 Å². The van der Waals surface area contributed by atoms with Crippen molar-refractivity contribution in [3.8, 4) is 5.75 Å². The number of rotatable bonds is 8. The zero-order chi connectivity index (χ0) is 22.5. The van der Waals surface area contributed by atoms with Gasteiger partial charge >= 0.3 is 0 Å². The van der Waals surface area contributed by atoms with Crippen LogP contribution in [-0.4, -0.2) is 67.7 Å². The molecule has 1 unspecified atom stereocenters. The molecule has 6 nitrogen and oxygen atoms in total. The molecule has 0 aliphatic carbocycles. The Hall–Kier alpha value is -2.41. The van der Waals surface area contributed by atoms with Gasteiger partial charge in [0.15, 0.2) is 0 Å². The quantitative estimate of drug-likeness (QED) is 0.671. The Kier molecular flexibility index (Phi) is 7.24. The normalized spacial score (nSPS) is 21.3. The van der Waals surface area contributed by atoms with Gasteiger partial charge < -0.3 is 19.7 Å². The SMILES string of the molecule is O=C1c2cccc(OCc3ccc(CCCN4CCOCC4)cc3)c2CN1C1CCCNC1. The summed E-state index contributed by atoms with van der Waals surface area (Å²) in [5.74, 6) is 0.979. The van der Waals surface area contributed by atoms with E-state index in [0.29, 0.717) is 13.2 Å². The molecule has 0 spiro atoms. The van der Waals surface area contributed by atoms with E-state index in [4.69, 9.17) is 9.47 Å². The fourth-order valence-corrected chi connectivity index (χ4v) is 5.15. The fourth-order valence-electron chi connectivity index (χ4n) is 5.15. The van der Waals surface area contributed by atoms with Gasteiger partial charge in [0.25, 0.3) is 5.91 Å². The Morgan fingerprint density at radius 3 is 2.67 bits per heavy atom. The molecule has 0 radical (unpaired) electrons. The summed E-state index contributed by atoms with van der Waals surface area (Å²) in [6.45, 7) is 8.08. The summed E-state index contributed by atoms with van der Waals surface area (Å²) >= 11 is 0. The molecule has 176 valence electrons. The Bertz CT molecular complexity index is 934.